The van der Waals surface area contributed by atoms with Gasteiger partial charge in [-0.2, -0.15) is 0 Å². The smallest absolute Gasteiger partial charge is 0.314 e. The van der Waals surface area contributed by atoms with Crippen molar-refractivity contribution < 1.29 is 0 Å². The number of aromatic amines is 2. The van der Waals surface area contributed by atoms with Crippen LogP contribution in [0.15, 0.2) is 27.8 Å². The van der Waals surface area contributed by atoms with Crippen LogP contribution in [0.1, 0.15) is 23.7 Å². The standard InChI is InChI=1S/C13H13BrN2O2/c1-6-4-8(6)11(14)7-2-3-9-10(5-7)16-13(18)12(17)15-9/h2-3,5-6,8,11H,4H2,1H3,(H,15,17)(H,16,18). The van der Waals surface area contributed by atoms with Crippen LogP contribution >= 0.6 is 15.9 Å². The number of benzene rings is 1. The summed E-state index contributed by atoms with van der Waals surface area (Å²) in [6.45, 7) is 2.24. The predicted octanol–water partition coefficient (Wildman–Crippen LogP) is 2.31. The van der Waals surface area contributed by atoms with E-state index in [1.54, 1.807) is 0 Å². The Bertz CT molecular complexity index is 719. The lowest BCUT2D eigenvalue weighted by molar-refractivity contribution is 0.741. The minimum absolute atomic E-state index is 0.312. The molecule has 0 saturated heterocycles. The van der Waals surface area contributed by atoms with Gasteiger partial charge in [-0.3, -0.25) is 9.59 Å². The summed E-state index contributed by atoms with van der Waals surface area (Å²) in [7, 11) is 0. The molecular weight excluding hydrogens is 296 g/mol. The molecule has 3 atom stereocenters. The molecule has 94 valence electrons. The second-order valence-corrected chi connectivity index (χ2v) is 5.98. The van der Waals surface area contributed by atoms with Crippen LogP contribution in [-0.2, 0) is 0 Å². The molecule has 18 heavy (non-hydrogen) atoms. The third-order valence-corrected chi connectivity index (χ3v) is 4.82. The van der Waals surface area contributed by atoms with E-state index in [2.05, 4.69) is 32.8 Å². The van der Waals surface area contributed by atoms with Crippen molar-refractivity contribution in [1.82, 2.24) is 9.97 Å². The maximum Gasteiger partial charge on any atom is 0.314 e. The van der Waals surface area contributed by atoms with Crippen molar-refractivity contribution >= 4 is 27.0 Å². The van der Waals surface area contributed by atoms with Crippen LogP contribution in [0, 0.1) is 11.8 Å². The Morgan fingerprint density at radius 2 is 1.83 bits per heavy atom. The van der Waals surface area contributed by atoms with E-state index in [1.807, 2.05) is 18.2 Å². The molecular formula is C13H13BrN2O2. The fraction of sp³-hybridized carbons (Fsp3) is 0.385. The quantitative estimate of drug-likeness (QED) is 0.660. The summed E-state index contributed by atoms with van der Waals surface area (Å²) in [4.78, 5) is 28.0. The molecule has 1 aliphatic rings. The lowest BCUT2D eigenvalue weighted by Gasteiger charge is -2.10. The van der Waals surface area contributed by atoms with Gasteiger partial charge < -0.3 is 9.97 Å². The highest BCUT2D eigenvalue weighted by molar-refractivity contribution is 9.09. The van der Waals surface area contributed by atoms with Crippen LogP contribution in [0.2, 0.25) is 0 Å². The first-order chi connectivity index (χ1) is 8.56. The monoisotopic (exact) mass is 308 g/mol. The summed E-state index contributed by atoms with van der Waals surface area (Å²) in [5, 5.41) is 0. The molecule has 0 bridgehead atoms. The number of rotatable bonds is 2. The minimum atomic E-state index is -0.610. The van der Waals surface area contributed by atoms with Crippen LogP contribution in [-0.4, -0.2) is 9.97 Å². The summed E-state index contributed by atoms with van der Waals surface area (Å²) >= 11 is 3.71. The zero-order chi connectivity index (χ0) is 12.9. The van der Waals surface area contributed by atoms with Gasteiger partial charge in [-0.25, -0.2) is 0 Å². The zero-order valence-corrected chi connectivity index (χ0v) is 11.5. The van der Waals surface area contributed by atoms with E-state index < -0.39 is 11.1 Å². The summed E-state index contributed by atoms with van der Waals surface area (Å²) in [5.74, 6) is 1.41. The lowest BCUT2D eigenvalue weighted by atomic mass is 10.1. The average molecular weight is 309 g/mol. The molecule has 5 heteroatoms. The van der Waals surface area contributed by atoms with E-state index in [4.69, 9.17) is 0 Å². The first-order valence-corrected chi connectivity index (χ1v) is 6.88. The fourth-order valence-electron chi connectivity index (χ4n) is 2.31. The van der Waals surface area contributed by atoms with Crippen LogP contribution < -0.4 is 11.1 Å². The van der Waals surface area contributed by atoms with Gasteiger partial charge in [0.05, 0.1) is 11.0 Å². The molecule has 0 aliphatic heterocycles. The number of H-pyrrole nitrogens is 2. The van der Waals surface area contributed by atoms with E-state index in [1.165, 1.54) is 6.42 Å². The second-order valence-electron chi connectivity index (χ2n) is 4.99. The van der Waals surface area contributed by atoms with Crippen molar-refractivity contribution in [3.05, 3.63) is 44.5 Å². The van der Waals surface area contributed by atoms with E-state index in [0.29, 0.717) is 21.8 Å². The van der Waals surface area contributed by atoms with E-state index >= 15 is 0 Å². The van der Waals surface area contributed by atoms with Crippen LogP contribution in [0.25, 0.3) is 11.0 Å². The normalized spacial score (nSPS) is 24.1. The lowest BCUT2D eigenvalue weighted by Crippen LogP contribution is -2.28. The van der Waals surface area contributed by atoms with Crippen molar-refractivity contribution in [2.45, 2.75) is 18.2 Å². The van der Waals surface area contributed by atoms with Crippen LogP contribution in [0.4, 0.5) is 0 Å². The van der Waals surface area contributed by atoms with E-state index in [9.17, 15) is 9.59 Å². The Kier molecular flexibility index (Phi) is 2.66. The molecule has 0 spiro atoms. The molecule has 1 heterocycles. The zero-order valence-electron chi connectivity index (χ0n) is 9.87. The maximum absolute atomic E-state index is 11.3. The minimum Gasteiger partial charge on any atom is -0.316 e. The van der Waals surface area contributed by atoms with Crippen molar-refractivity contribution in [1.29, 1.82) is 0 Å². The van der Waals surface area contributed by atoms with Gasteiger partial charge >= 0.3 is 11.1 Å². The summed E-state index contributed by atoms with van der Waals surface area (Å²) < 4.78 is 0. The molecule has 2 aromatic rings. The van der Waals surface area contributed by atoms with E-state index in [-0.39, 0.29) is 0 Å². The molecule has 1 aromatic heterocycles. The summed E-state index contributed by atoms with van der Waals surface area (Å²) in [5.41, 5.74) is 1.26. The Morgan fingerprint density at radius 1 is 1.22 bits per heavy atom. The number of hydrogen-bond acceptors (Lipinski definition) is 2. The Hall–Kier alpha value is -1.36. The Labute approximate surface area is 112 Å². The highest BCUT2D eigenvalue weighted by Crippen LogP contribution is 2.51. The van der Waals surface area contributed by atoms with Crippen LogP contribution in [0.5, 0.6) is 0 Å². The molecule has 1 aliphatic carbocycles. The first-order valence-electron chi connectivity index (χ1n) is 5.96. The summed E-state index contributed by atoms with van der Waals surface area (Å²) in [6.07, 6.45) is 1.23. The van der Waals surface area contributed by atoms with Gasteiger partial charge in [0.15, 0.2) is 0 Å². The third kappa shape index (κ3) is 1.92. The van der Waals surface area contributed by atoms with Crippen LogP contribution in [0.3, 0.4) is 0 Å². The van der Waals surface area contributed by atoms with Gasteiger partial charge in [0.2, 0.25) is 0 Å². The topological polar surface area (TPSA) is 65.7 Å². The van der Waals surface area contributed by atoms with Gasteiger partial charge in [-0.15, -0.1) is 0 Å². The van der Waals surface area contributed by atoms with Gasteiger partial charge in [-0.1, -0.05) is 28.9 Å². The number of fused-ring (bicyclic) bond motifs is 1. The number of nitrogens with one attached hydrogen (secondary N) is 2. The molecule has 3 rings (SSSR count). The largest absolute Gasteiger partial charge is 0.316 e. The fourth-order valence-corrected chi connectivity index (χ4v) is 3.33. The molecule has 1 fully saturated rings. The highest BCUT2D eigenvalue weighted by Gasteiger charge is 2.38. The summed E-state index contributed by atoms with van der Waals surface area (Å²) in [6, 6.07) is 5.75. The molecule has 0 amide bonds. The number of alkyl halides is 1. The van der Waals surface area contributed by atoms with Gasteiger partial charge in [0.1, 0.15) is 0 Å². The molecule has 4 nitrogen and oxygen atoms in total. The van der Waals surface area contributed by atoms with Crippen molar-refractivity contribution in [3.63, 3.8) is 0 Å². The number of aromatic nitrogens is 2. The van der Waals surface area contributed by atoms with Crippen molar-refractivity contribution in [3.8, 4) is 0 Å². The molecule has 0 radical (unpaired) electrons. The molecule has 1 saturated carbocycles. The second kappa shape index (κ2) is 4.09. The maximum atomic E-state index is 11.3. The molecule has 3 unspecified atom stereocenters. The van der Waals surface area contributed by atoms with Crippen molar-refractivity contribution in [2.24, 2.45) is 11.8 Å². The van der Waals surface area contributed by atoms with Crippen molar-refractivity contribution in [2.75, 3.05) is 0 Å². The van der Waals surface area contributed by atoms with Gasteiger partial charge in [-0.05, 0) is 36.0 Å². The number of halogens is 1. The first kappa shape index (κ1) is 11.7. The van der Waals surface area contributed by atoms with E-state index in [0.717, 1.165) is 11.5 Å². The number of hydrogen-bond donors (Lipinski definition) is 2. The SMILES string of the molecule is CC1CC1C(Br)c1ccc2[nH]c(=O)c(=O)[nH]c2c1. The molecule has 2 N–H and O–H groups in total. The molecule has 1 aromatic carbocycles. The average Bonchev–Trinajstić information content (AvgIpc) is 3.06. The van der Waals surface area contributed by atoms with Gasteiger partial charge in [0, 0.05) is 4.83 Å². The predicted molar refractivity (Wildman–Crippen MR) is 74.1 cm³/mol. The third-order valence-electron chi connectivity index (χ3n) is 3.61. The Morgan fingerprint density at radius 3 is 2.44 bits per heavy atom. The van der Waals surface area contributed by atoms with Gasteiger partial charge in [0.25, 0.3) is 0 Å². The Balaban J connectivity index is 2.08. The highest BCUT2D eigenvalue weighted by atomic mass is 79.9.